The fraction of sp³-hybridized carbons (Fsp3) is 0.259. The number of aryl methyl sites for hydroxylation is 2. The number of carbonyl (C=O) groups excluding carboxylic acids is 2. The van der Waals surface area contributed by atoms with E-state index < -0.39 is 5.97 Å². The number of para-hydroxylation sites is 1. The van der Waals surface area contributed by atoms with Crippen molar-refractivity contribution in [3.8, 4) is 0 Å². The summed E-state index contributed by atoms with van der Waals surface area (Å²) in [5.41, 5.74) is 3.11. The van der Waals surface area contributed by atoms with Crippen molar-refractivity contribution >= 4 is 29.3 Å². The van der Waals surface area contributed by atoms with Gasteiger partial charge in [0.05, 0.1) is 23.6 Å². The van der Waals surface area contributed by atoms with Crippen molar-refractivity contribution in [1.29, 1.82) is 0 Å². The van der Waals surface area contributed by atoms with E-state index in [0.717, 1.165) is 17.9 Å². The summed E-state index contributed by atoms with van der Waals surface area (Å²) in [7, 11) is 2.01. The average molecular weight is 504 g/mol. The largest absolute Gasteiger partial charge is 0.462 e. The minimum atomic E-state index is -0.466. The van der Waals surface area contributed by atoms with Gasteiger partial charge >= 0.3 is 5.97 Å². The monoisotopic (exact) mass is 503 g/mol. The molecule has 186 valence electrons. The maximum absolute atomic E-state index is 12.8. The van der Waals surface area contributed by atoms with Crippen LogP contribution >= 0.6 is 11.8 Å². The third kappa shape index (κ3) is 6.42. The van der Waals surface area contributed by atoms with Crippen LogP contribution in [0.5, 0.6) is 0 Å². The lowest BCUT2D eigenvalue weighted by Gasteiger charge is -2.12. The molecule has 9 heteroatoms. The molecule has 8 nitrogen and oxygen atoms in total. The van der Waals surface area contributed by atoms with Crippen LogP contribution in [0.3, 0.4) is 0 Å². The number of aromatic nitrogens is 4. The molecule has 36 heavy (non-hydrogen) atoms. The highest BCUT2D eigenvalue weighted by Crippen LogP contribution is 2.22. The highest BCUT2D eigenvalue weighted by molar-refractivity contribution is 7.99. The maximum Gasteiger partial charge on any atom is 0.340 e. The lowest BCUT2D eigenvalue weighted by molar-refractivity contribution is -0.113. The number of nitrogens with one attached hydrogen (secondary N) is 1. The molecule has 0 unspecified atom stereocenters. The van der Waals surface area contributed by atoms with E-state index in [1.807, 2.05) is 37.5 Å². The molecule has 0 fully saturated rings. The Kier molecular flexibility index (Phi) is 8.57. The van der Waals surface area contributed by atoms with Crippen molar-refractivity contribution in [2.24, 2.45) is 7.05 Å². The summed E-state index contributed by atoms with van der Waals surface area (Å²) in [6.45, 7) is 2.71. The highest BCUT2D eigenvalue weighted by Gasteiger charge is 2.18. The molecule has 0 saturated carbocycles. The van der Waals surface area contributed by atoms with Crippen LogP contribution in [0.2, 0.25) is 0 Å². The summed E-state index contributed by atoms with van der Waals surface area (Å²) in [5, 5.41) is 12.4. The molecule has 0 saturated heterocycles. The summed E-state index contributed by atoms with van der Waals surface area (Å²) in [5.74, 6) is 0.277. The maximum atomic E-state index is 12.8. The second-order valence-electron chi connectivity index (χ2n) is 8.18. The molecule has 0 aliphatic carbocycles. The second-order valence-corrected chi connectivity index (χ2v) is 9.12. The molecule has 1 amide bonds. The van der Waals surface area contributed by atoms with Crippen LogP contribution in [-0.4, -0.2) is 43.6 Å². The van der Waals surface area contributed by atoms with Gasteiger partial charge in [0.15, 0.2) is 5.16 Å². The number of amides is 1. The number of ether oxygens (including phenoxy) is 1. The predicted octanol–water partition coefficient (Wildman–Crippen LogP) is 4.36. The highest BCUT2D eigenvalue weighted by atomic mass is 32.2. The number of hydrogen-bond acceptors (Lipinski definition) is 6. The third-order valence-corrected chi connectivity index (χ3v) is 6.65. The minimum absolute atomic E-state index is 0.130. The van der Waals surface area contributed by atoms with Crippen LogP contribution in [0.15, 0.2) is 78.1 Å². The van der Waals surface area contributed by atoms with Crippen LogP contribution in [0.1, 0.15) is 34.4 Å². The Bertz CT molecular complexity index is 1320. The topological polar surface area (TPSA) is 91.0 Å². The van der Waals surface area contributed by atoms with Crippen LogP contribution < -0.4 is 5.32 Å². The minimum Gasteiger partial charge on any atom is -0.462 e. The molecule has 1 N–H and O–H groups in total. The van der Waals surface area contributed by atoms with Crippen molar-refractivity contribution in [3.63, 3.8) is 0 Å². The first kappa shape index (κ1) is 25.2. The van der Waals surface area contributed by atoms with Gasteiger partial charge in [0, 0.05) is 31.9 Å². The van der Waals surface area contributed by atoms with Gasteiger partial charge in [-0.1, -0.05) is 54.2 Å². The zero-order valence-corrected chi connectivity index (χ0v) is 21.2. The summed E-state index contributed by atoms with van der Waals surface area (Å²) in [6, 6.07) is 21.2. The van der Waals surface area contributed by atoms with Gasteiger partial charge in [0.25, 0.3) is 0 Å². The SMILES string of the molecule is CCOC(=O)c1ccccc1NC(=O)CSc1nnc(Cc2cccn2C)n1CCc1ccccc1. The molecule has 0 radical (unpaired) electrons. The second kappa shape index (κ2) is 12.2. The van der Waals surface area contributed by atoms with Crippen LogP contribution in [0.25, 0.3) is 0 Å². The number of thioether (sulfide) groups is 1. The van der Waals surface area contributed by atoms with E-state index in [2.05, 4.69) is 42.8 Å². The van der Waals surface area contributed by atoms with E-state index in [-0.39, 0.29) is 18.3 Å². The zero-order valence-electron chi connectivity index (χ0n) is 20.4. The molecule has 0 aliphatic rings. The van der Waals surface area contributed by atoms with Gasteiger partial charge in [0.1, 0.15) is 5.82 Å². The van der Waals surface area contributed by atoms with E-state index in [0.29, 0.717) is 29.4 Å². The van der Waals surface area contributed by atoms with Gasteiger partial charge in [-0.2, -0.15) is 0 Å². The average Bonchev–Trinajstić information content (AvgIpc) is 3.48. The zero-order chi connectivity index (χ0) is 25.3. The molecule has 2 heterocycles. The van der Waals surface area contributed by atoms with Crippen molar-refractivity contribution < 1.29 is 14.3 Å². The Balaban J connectivity index is 1.47. The van der Waals surface area contributed by atoms with E-state index in [1.165, 1.54) is 17.3 Å². The smallest absolute Gasteiger partial charge is 0.340 e. The number of esters is 1. The molecule has 0 spiro atoms. The van der Waals surface area contributed by atoms with Crippen molar-refractivity contribution in [2.75, 3.05) is 17.7 Å². The van der Waals surface area contributed by atoms with E-state index in [4.69, 9.17) is 4.74 Å². The van der Waals surface area contributed by atoms with Gasteiger partial charge < -0.3 is 19.2 Å². The molecule has 2 aromatic carbocycles. The Morgan fingerprint density at radius 2 is 1.78 bits per heavy atom. The number of anilines is 1. The van der Waals surface area contributed by atoms with Gasteiger partial charge in [0.2, 0.25) is 5.91 Å². The number of rotatable bonds is 11. The fourth-order valence-corrected chi connectivity index (χ4v) is 4.59. The molecule has 0 bridgehead atoms. The van der Waals surface area contributed by atoms with Gasteiger partial charge in [-0.3, -0.25) is 4.79 Å². The summed E-state index contributed by atoms with van der Waals surface area (Å²) >= 11 is 1.33. The number of nitrogens with zero attached hydrogens (tertiary/aromatic N) is 4. The molecular weight excluding hydrogens is 474 g/mol. The molecular formula is C27H29N5O3S. The van der Waals surface area contributed by atoms with E-state index in [9.17, 15) is 9.59 Å². The van der Waals surface area contributed by atoms with Crippen molar-refractivity contribution in [2.45, 2.75) is 31.5 Å². The Hall–Kier alpha value is -3.85. The Labute approximate surface area is 214 Å². The predicted molar refractivity (Wildman–Crippen MR) is 140 cm³/mol. The first-order valence-electron chi connectivity index (χ1n) is 11.8. The standard InChI is InChI=1S/C27H29N5O3S/c1-3-35-26(34)22-13-7-8-14-23(22)28-25(33)19-36-27-30-29-24(18-21-12-9-16-31(21)2)32(27)17-15-20-10-5-4-6-11-20/h4-14,16H,3,15,17-19H2,1-2H3,(H,28,33). The summed E-state index contributed by atoms with van der Waals surface area (Å²) in [6.07, 6.45) is 3.48. The van der Waals surface area contributed by atoms with Crippen molar-refractivity contribution in [3.05, 3.63) is 95.6 Å². The Morgan fingerprint density at radius 3 is 2.53 bits per heavy atom. The lowest BCUT2D eigenvalue weighted by Crippen LogP contribution is -2.18. The van der Waals surface area contributed by atoms with Crippen LogP contribution in [0.4, 0.5) is 5.69 Å². The lowest BCUT2D eigenvalue weighted by atomic mass is 10.1. The number of hydrogen-bond donors (Lipinski definition) is 1. The molecule has 0 aliphatic heterocycles. The van der Waals surface area contributed by atoms with E-state index in [1.54, 1.807) is 31.2 Å². The van der Waals surface area contributed by atoms with Gasteiger partial charge in [-0.15, -0.1) is 10.2 Å². The van der Waals surface area contributed by atoms with Crippen LogP contribution in [-0.2, 0) is 36.0 Å². The summed E-state index contributed by atoms with van der Waals surface area (Å²) in [4.78, 5) is 25.0. The van der Waals surface area contributed by atoms with Crippen molar-refractivity contribution in [1.82, 2.24) is 19.3 Å². The van der Waals surface area contributed by atoms with Crippen LogP contribution in [0, 0.1) is 0 Å². The molecule has 4 rings (SSSR count). The number of carbonyl (C=O) groups is 2. The summed E-state index contributed by atoms with van der Waals surface area (Å²) < 4.78 is 9.25. The van der Waals surface area contributed by atoms with Gasteiger partial charge in [-0.05, 0) is 43.2 Å². The Morgan fingerprint density at radius 1 is 1.00 bits per heavy atom. The molecule has 2 aromatic heterocycles. The van der Waals surface area contributed by atoms with E-state index >= 15 is 0 Å². The number of benzene rings is 2. The first-order chi connectivity index (χ1) is 17.5. The molecule has 0 atom stereocenters. The first-order valence-corrected chi connectivity index (χ1v) is 12.8. The van der Waals surface area contributed by atoms with Gasteiger partial charge in [-0.25, -0.2) is 4.79 Å². The molecule has 4 aromatic rings. The normalized spacial score (nSPS) is 10.8. The quantitative estimate of drug-likeness (QED) is 0.242. The fourth-order valence-electron chi connectivity index (χ4n) is 3.80. The third-order valence-electron chi connectivity index (χ3n) is 5.68.